The van der Waals surface area contributed by atoms with E-state index in [1.807, 2.05) is 0 Å². The van der Waals surface area contributed by atoms with Gasteiger partial charge in [0.05, 0.1) is 4.90 Å². The second kappa shape index (κ2) is 5.22. The molecular formula is C11H12F2N2O3S. The van der Waals surface area contributed by atoms with Crippen molar-refractivity contribution >= 4 is 15.9 Å². The van der Waals surface area contributed by atoms with Crippen LogP contribution in [0.2, 0.25) is 0 Å². The standard InChI is InChI=1S/C11H12F2N2O3S/c12-9-2-1-8(7-10(9)13)19(17,18)15-5-3-11(16)14-4-6-15/h1-2,7H,3-6H2,(H,14,16). The molecule has 1 aliphatic heterocycles. The van der Waals surface area contributed by atoms with Gasteiger partial charge in [-0.25, -0.2) is 17.2 Å². The third-order valence-corrected chi connectivity index (χ3v) is 4.70. The molecule has 1 aliphatic rings. The molecule has 1 aromatic rings. The van der Waals surface area contributed by atoms with Gasteiger partial charge in [0, 0.05) is 26.1 Å². The quantitative estimate of drug-likeness (QED) is 0.861. The van der Waals surface area contributed by atoms with Crippen LogP contribution in [-0.4, -0.2) is 38.3 Å². The maximum Gasteiger partial charge on any atom is 0.243 e. The Bertz CT molecular complexity index is 604. The van der Waals surface area contributed by atoms with E-state index in [0.29, 0.717) is 6.07 Å². The summed E-state index contributed by atoms with van der Waals surface area (Å²) >= 11 is 0. The van der Waals surface area contributed by atoms with Gasteiger partial charge in [0.15, 0.2) is 11.6 Å². The summed E-state index contributed by atoms with van der Waals surface area (Å²) in [6, 6.07) is 2.42. The molecule has 2 rings (SSSR count). The molecule has 0 saturated carbocycles. The number of carbonyl (C=O) groups is 1. The fourth-order valence-corrected chi connectivity index (χ4v) is 3.23. The number of amides is 1. The van der Waals surface area contributed by atoms with Crippen molar-refractivity contribution in [2.24, 2.45) is 0 Å². The van der Waals surface area contributed by atoms with Gasteiger partial charge in [0.1, 0.15) is 0 Å². The normalized spacial score (nSPS) is 17.9. The molecule has 104 valence electrons. The van der Waals surface area contributed by atoms with E-state index in [9.17, 15) is 22.0 Å². The molecule has 1 aromatic carbocycles. The number of benzene rings is 1. The maximum atomic E-state index is 13.1. The summed E-state index contributed by atoms with van der Waals surface area (Å²) in [7, 11) is -3.91. The van der Waals surface area contributed by atoms with Crippen LogP contribution in [0, 0.1) is 11.6 Å². The fraction of sp³-hybridized carbons (Fsp3) is 0.364. The molecule has 0 aliphatic carbocycles. The van der Waals surface area contributed by atoms with E-state index in [-0.39, 0.29) is 36.9 Å². The lowest BCUT2D eigenvalue weighted by Crippen LogP contribution is -2.34. The predicted octanol–water partition coefficient (Wildman–Crippen LogP) is 0.475. The zero-order valence-corrected chi connectivity index (χ0v) is 10.7. The third kappa shape index (κ3) is 2.90. The van der Waals surface area contributed by atoms with Crippen LogP contribution in [0.1, 0.15) is 6.42 Å². The summed E-state index contributed by atoms with van der Waals surface area (Å²) in [6.07, 6.45) is 0.0446. The number of nitrogens with zero attached hydrogens (tertiary/aromatic N) is 1. The molecule has 1 saturated heterocycles. The SMILES string of the molecule is O=C1CCN(S(=O)(=O)c2ccc(F)c(F)c2)CCN1. The molecule has 8 heteroatoms. The van der Waals surface area contributed by atoms with E-state index in [4.69, 9.17) is 0 Å². The average Bonchev–Trinajstić information content (AvgIpc) is 2.57. The smallest absolute Gasteiger partial charge is 0.243 e. The van der Waals surface area contributed by atoms with E-state index in [1.165, 1.54) is 0 Å². The fourth-order valence-electron chi connectivity index (χ4n) is 1.77. The molecule has 5 nitrogen and oxygen atoms in total. The Morgan fingerprint density at radius 3 is 2.58 bits per heavy atom. The minimum Gasteiger partial charge on any atom is -0.355 e. The second-order valence-corrected chi connectivity index (χ2v) is 6.02. The van der Waals surface area contributed by atoms with Crippen molar-refractivity contribution in [3.05, 3.63) is 29.8 Å². The third-order valence-electron chi connectivity index (χ3n) is 2.80. The maximum absolute atomic E-state index is 13.1. The van der Waals surface area contributed by atoms with Crippen molar-refractivity contribution in [1.82, 2.24) is 9.62 Å². The van der Waals surface area contributed by atoms with Crippen molar-refractivity contribution in [2.45, 2.75) is 11.3 Å². The van der Waals surface area contributed by atoms with Crippen LogP contribution in [0.5, 0.6) is 0 Å². The molecule has 1 heterocycles. The van der Waals surface area contributed by atoms with Crippen LogP contribution >= 0.6 is 0 Å². The van der Waals surface area contributed by atoms with E-state index >= 15 is 0 Å². The number of halogens is 2. The molecule has 0 bridgehead atoms. The summed E-state index contributed by atoms with van der Waals surface area (Å²) in [5.41, 5.74) is 0. The van der Waals surface area contributed by atoms with E-state index in [2.05, 4.69) is 5.32 Å². The molecule has 0 spiro atoms. The lowest BCUT2D eigenvalue weighted by molar-refractivity contribution is -0.120. The molecule has 0 aromatic heterocycles. The van der Waals surface area contributed by atoms with Crippen molar-refractivity contribution in [1.29, 1.82) is 0 Å². The second-order valence-electron chi connectivity index (χ2n) is 4.08. The van der Waals surface area contributed by atoms with Crippen molar-refractivity contribution < 1.29 is 22.0 Å². The van der Waals surface area contributed by atoms with Crippen molar-refractivity contribution in [3.8, 4) is 0 Å². The molecule has 0 atom stereocenters. The molecule has 0 unspecified atom stereocenters. The number of rotatable bonds is 2. The summed E-state index contributed by atoms with van der Waals surface area (Å²) in [6.45, 7) is 0.321. The minimum atomic E-state index is -3.91. The number of nitrogens with one attached hydrogen (secondary N) is 1. The zero-order chi connectivity index (χ0) is 14.0. The molecule has 1 fully saturated rings. The molecular weight excluding hydrogens is 278 g/mol. The average molecular weight is 290 g/mol. The Hall–Kier alpha value is -1.54. The Labute approximate surface area is 109 Å². The van der Waals surface area contributed by atoms with E-state index in [1.54, 1.807) is 0 Å². The summed E-state index contributed by atoms with van der Waals surface area (Å²) in [5, 5.41) is 2.54. The van der Waals surface area contributed by atoms with E-state index < -0.39 is 21.7 Å². The molecule has 1 amide bonds. The highest BCUT2D eigenvalue weighted by Gasteiger charge is 2.27. The number of carbonyl (C=O) groups excluding carboxylic acids is 1. The zero-order valence-electron chi connectivity index (χ0n) is 9.90. The lowest BCUT2D eigenvalue weighted by Gasteiger charge is -2.19. The van der Waals surface area contributed by atoms with Crippen molar-refractivity contribution in [3.63, 3.8) is 0 Å². The Morgan fingerprint density at radius 2 is 1.89 bits per heavy atom. The first-order valence-electron chi connectivity index (χ1n) is 5.63. The summed E-state index contributed by atoms with van der Waals surface area (Å²) < 4.78 is 51.4. The highest BCUT2D eigenvalue weighted by Crippen LogP contribution is 2.19. The van der Waals surface area contributed by atoms with Crippen LogP contribution < -0.4 is 5.32 Å². The monoisotopic (exact) mass is 290 g/mol. The van der Waals surface area contributed by atoms with Gasteiger partial charge in [-0.1, -0.05) is 0 Å². The molecule has 1 N–H and O–H groups in total. The molecule has 19 heavy (non-hydrogen) atoms. The number of sulfonamides is 1. The van der Waals surface area contributed by atoms with Gasteiger partial charge < -0.3 is 5.32 Å². The highest BCUT2D eigenvalue weighted by atomic mass is 32.2. The van der Waals surface area contributed by atoms with Gasteiger partial charge >= 0.3 is 0 Å². The Kier molecular flexibility index (Phi) is 3.81. The van der Waals surface area contributed by atoms with Gasteiger partial charge in [-0.15, -0.1) is 0 Å². The first-order valence-corrected chi connectivity index (χ1v) is 7.07. The highest BCUT2D eigenvalue weighted by molar-refractivity contribution is 7.89. The van der Waals surface area contributed by atoms with Crippen LogP contribution in [0.4, 0.5) is 8.78 Å². The van der Waals surface area contributed by atoms with Gasteiger partial charge in [-0.2, -0.15) is 4.31 Å². The van der Waals surface area contributed by atoms with E-state index in [0.717, 1.165) is 16.4 Å². The largest absolute Gasteiger partial charge is 0.355 e. The topological polar surface area (TPSA) is 66.5 Å². The minimum absolute atomic E-state index is 0.0210. The Morgan fingerprint density at radius 1 is 1.16 bits per heavy atom. The van der Waals surface area contributed by atoms with Gasteiger partial charge in [-0.3, -0.25) is 4.79 Å². The summed E-state index contributed by atoms with van der Waals surface area (Å²) in [5.74, 6) is -2.56. The van der Waals surface area contributed by atoms with Crippen molar-refractivity contribution in [2.75, 3.05) is 19.6 Å². The van der Waals surface area contributed by atoms with Crippen LogP contribution in [0.15, 0.2) is 23.1 Å². The van der Waals surface area contributed by atoms with Gasteiger partial charge in [0.25, 0.3) is 0 Å². The number of hydrogen-bond donors (Lipinski definition) is 1. The number of hydrogen-bond acceptors (Lipinski definition) is 3. The van der Waals surface area contributed by atoms with Crippen LogP contribution in [0.3, 0.4) is 0 Å². The summed E-state index contributed by atoms with van der Waals surface area (Å²) in [4.78, 5) is 10.8. The lowest BCUT2D eigenvalue weighted by atomic mass is 10.3. The van der Waals surface area contributed by atoms with Gasteiger partial charge in [0.2, 0.25) is 15.9 Å². The first kappa shape index (κ1) is 13.9. The van der Waals surface area contributed by atoms with Gasteiger partial charge in [-0.05, 0) is 18.2 Å². The predicted molar refractivity (Wildman–Crippen MR) is 62.7 cm³/mol. The van der Waals surface area contributed by atoms with Crippen LogP contribution in [-0.2, 0) is 14.8 Å². The van der Waals surface area contributed by atoms with Crippen LogP contribution in [0.25, 0.3) is 0 Å². The molecule has 0 radical (unpaired) electrons. The Balaban J connectivity index is 2.30. The first-order chi connectivity index (χ1) is 8.91.